The van der Waals surface area contributed by atoms with Crippen LogP contribution >= 0.6 is 0 Å². The third-order valence-corrected chi connectivity index (χ3v) is 3.10. The first-order valence-electron chi connectivity index (χ1n) is 6.28. The Kier molecular flexibility index (Phi) is 2.99. The zero-order valence-electron chi connectivity index (χ0n) is 10.6. The molecule has 1 N–H and O–H groups in total. The number of aliphatic imine (C=N–C) groups is 1. The number of rotatable bonds is 1. The summed E-state index contributed by atoms with van der Waals surface area (Å²) in [5, 5.41) is 3.95. The summed E-state index contributed by atoms with van der Waals surface area (Å²) in [5.74, 6) is 1.63. The van der Waals surface area contributed by atoms with E-state index >= 15 is 0 Å². The molecule has 0 aliphatic carbocycles. The Morgan fingerprint density at radius 3 is 3.00 bits per heavy atom. The second-order valence-electron chi connectivity index (χ2n) is 4.73. The van der Waals surface area contributed by atoms with Crippen LogP contribution < -0.4 is 5.32 Å². The lowest BCUT2D eigenvalue weighted by Gasteiger charge is -2.14. The summed E-state index contributed by atoms with van der Waals surface area (Å²) in [6, 6.07) is 8.65. The highest BCUT2D eigenvalue weighted by Gasteiger charge is 2.10. The van der Waals surface area contributed by atoms with E-state index in [4.69, 9.17) is 0 Å². The lowest BCUT2D eigenvalue weighted by molar-refractivity contribution is 0.637. The third-order valence-electron chi connectivity index (χ3n) is 3.10. The average Bonchev–Trinajstić information content (AvgIpc) is 2.40. The number of nitrogens with one attached hydrogen (secondary N) is 1. The molecule has 1 aliphatic rings. The van der Waals surface area contributed by atoms with Crippen molar-refractivity contribution in [2.75, 3.05) is 5.32 Å². The van der Waals surface area contributed by atoms with E-state index in [-0.39, 0.29) is 5.82 Å². The summed E-state index contributed by atoms with van der Waals surface area (Å²) in [5.41, 5.74) is 0.382. The van der Waals surface area contributed by atoms with Crippen LogP contribution in [-0.4, -0.2) is 10.8 Å². The Morgan fingerprint density at radius 2 is 2.16 bits per heavy atom. The number of fused-ring (bicyclic) bond motifs is 1. The van der Waals surface area contributed by atoms with Crippen LogP contribution in [0.4, 0.5) is 10.2 Å². The van der Waals surface area contributed by atoms with Crippen molar-refractivity contribution in [3.8, 4) is 0 Å². The van der Waals surface area contributed by atoms with Crippen molar-refractivity contribution in [3.63, 3.8) is 0 Å². The average molecular weight is 255 g/mol. The van der Waals surface area contributed by atoms with E-state index in [2.05, 4.69) is 28.3 Å². The first-order chi connectivity index (χ1) is 9.22. The SMILES string of the molecule is CC1C=CN=C(Nc2ccc3cccc(F)c3n2)C1. The summed E-state index contributed by atoms with van der Waals surface area (Å²) in [6.07, 6.45) is 4.68. The molecular weight excluding hydrogens is 241 g/mol. The number of para-hydroxylation sites is 1. The lowest BCUT2D eigenvalue weighted by Crippen LogP contribution is -2.17. The number of halogens is 1. The Labute approximate surface area is 110 Å². The predicted octanol–water partition coefficient (Wildman–Crippen LogP) is 3.74. The Bertz CT molecular complexity index is 676. The van der Waals surface area contributed by atoms with Crippen LogP contribution in [0.2, 0.25) is 0 Å². The fraction of sp³-hybridized carbons (Fsp3) is 0.200. The van der Waals surface area contributed by atoms with Crippen LogP contribution in [0.25, 0.3) is 10.9 Å². The minimum Gasteiger partial charge on any atom is -0.328 e. The van der Waals surface area contributed by atoms with E-state index < -0.39 is 0 Å². The third kappa shape index (κ3) is 2.47. The molecule has 0 fully saturated rings. The lowest BCUT2D eigenvalue weighted by atomic mass is 10.1. The number of hydrogen-bond donors (Lipinski definition) is 1. The van der Waals surface area contributed by atoms with Gasteiger partial charge in [0.05, 0.1) is 0 Å². The van der Waals surface area contributed by atoms with Gasteiger partial charge in [-0.15, -0.1) is 0 Å². The molecule has 3 nitrogen and oxygen atoms in total. The molecule has 96 valence electrons. The van der Waals surface area contributed by atoms with Gasteiger partial charge in [0.25, 0.3) is 0 Å². The van der Waals surface area contributed by atoms with E-state index in [1.165, 1.54) is 6.07 Å². The first kappa shape index (κ1) is 11.8. The number of allylic oxidation sites excluding steroid dienone is 1. The highest BCUT2D eigenvalue weighted by Crippen LogP contribution is 2.19. The van der Waals surface area contributed by atoms with Crippen molar-refractivity contribution in [1.82, 2.24) is 4.98 Å². The molecule has 1 atom stereocenters. The predicted molar refractivity (Wildman–Crippen MR) is 75.7 cm³/mol. The summed E-state index contributed by atoms with van der Waals surface area (Å²) in [7, 11) is 0. The quantitative estimate of drug-likeness (QED) is 0.842. The largest absolute Gasteiger partial charge is 0.328 e. The van der Waals surface area contributed by atoms with E-state index in [0.717, 1.165) is 17.6 Å². The fourth-order valence-electron chi connectivity index (χ4n) is 2.12. The van der Waals surface area contributed by atoms with Crippen molar-refractivity contribution in [2.24, 2.45) is 10.9 Å². The maximum atomic E-state index is 13.7. The van der Waals surface area contributed by atoms with Gasteiger partial charge >= 0.3 is 0 Å². The standard InChI is InChI=1S/C15H14FN3/c1-10-7-8-17-14(9-10)18-13-6-5-11-3-2-4-12(16)15(11)19-13/h2-8,10H,9H2,1H3,(H,17,18,19). The number of pyridine rings is 1. The van der Waals surface area contributed by atoms with Gasteiger partial charge in [0.1, 0.15) is 23.0 Å². The zero-order chi connectivity index (χ0) is 13.2. The number of aromatic nitrogens is 1. The fourth-order valence-corrected chi connectivity index (χ4v) is 2.12. The highest BCUT2D eigenvalue weighted by molar-refractivity contribution is 5.96. The molecule has 1 aromatic carbocycles. The molecule has 3 rings (SSSR count). The molecule has 1 aromatic heterocycles. The van der Waals surface area contributed by atoms with Crippen LogP contribution in [0, 0.1) is 11.7 Å². The van der Waals surface area contributed by atoms with Crippen molar-refractivity contribution in [3.05, 3.63) is 48.4 Å². The molecule has 0 bridgehead atoms. The molecule has 2 heterocycles. The number of anilines is 1. The van der Waals surface area contributed by atoms with Crippen LogP contribution in [0.5, 0.6) is 0 Å². The van der Waals surface area contributed by atoms with Gasteiger partial charge in [-0.25, -0.2) is 14.4 Å². The minimum atomic E-state index is -0.306. The molecule has 0 radical (unpaired) electrons. The summed E-state index contributed by atoms with van der Waals surface area (Å²) in [6.45, 7) is 2.13. The number of nitrogens with zero attached hydrogens (tertiary/aromatic N) is 2. The van der Waals surface area contributed by atoms with Crippen molar-refractivity contribution >= 4 is 22.6 Å². The molecule has 1 unspecified atom stereocenters. The second kappa shape index (κ2) is 4.80. The molecule has 4 heteroatoms. The van der Waals surface area contributed by atoms with Gasteiger partial charge in [0.15, 0.2) is 0 Å². The Balaban J connectivity index is 1.92. The molecule has 0 saturated heterocycles. The topological polar surface area (TPSA) is 37.3 Å². The highest BCUT2D eigenvalue weighted by atomic mass is 19.1. The second-order valence-corrected chi connectivity index (χ2v) is 4.73. The van der Waals surface area contributed by atoms with Gasteiger partial charge < -0.3 is 5.32 Å². The monoisotopic (exact) mass is 255 g/mol. The summed E-state index contributed by atoms with van der Waals surface area (Å²) < 4.78 is 13.7. The van der Waals surface area contributed by atoms with Gasteiger partial charge in [0, 0.05) is 18.0 Å². The number of amidine groups is 1. The van der Waals surface area contributed by atoms with Gasteiger partial charge in [-0.3, -0.25) is 0 Å². The van der Waals surface area contributed by atoms with Crippen LogP contribution in [0.1, 0.15) is 13.3 Å². The molecule has 19 heavy (non-hydrogen) atoms. The van der Waals surface area contributed by atoms with Gasteiger partial charge in [-0.05, 0) is 24.1 Å². The number of benzene rings is 1. The van der Waals surface area contributed by atoms with Crippen LogP contribution in [-0.2, 0) is 0 Å². The van der Waals surface area contributed by atoms with Gasteiger partial charge in [0.2, 0.25) is 0 Å². The van der Waals surface area contributed by atoms with Gasteiger partial charge in [-0.1, -0.05) is 25.1 Å². The Hall–Kier alpha value is -2.23. The smallest absolute Gasteiger partial charge is 0.149 e. The van der Waals surface area contributed by atoms with Crippen molar-refractivity contribution < 1.29 is 4.39 Å². The van der Waals surface area contributed by atoms with E-state index in [1.54, 1.807) is 12.3 Å². The molecule has 1 aliphatic heterocycles. The minimum absolute atomic E-state index is 0.306. The maximum absolute atomic E-state index is 13.7. The Morgan fingerprint density at radius 1 is 1.26 bits per heavy atom. The zero-order valence-corrected chi connectivity index (χ0v) is 10.6. The van der Waals surface area contributed by atoms with Crippen molar-refractivity contribution in [2.45, 2.75) is 13.3 Å². The molecule has 0 amide bonds. The normalized spacial score (nSPS) is 18.4. The first-order valence-corrected chi connectivity index (χ1v) is 6.28. The number of hydrogen-bond acceptors (Lipinski definition) is 3. The van der Waals surface area contributed by atoms with E-state index in [1.807, 2.05) is 18.2 Å². The van der Waals surface area contributed by atoms with Crippen LogP contribution in [0.3, 0.4) is 0 Å². The maximum Gasteiger partial charge on any atom is 0.149 e. The van der Waals surface area contributed by atoms with Crippen LogP contribution in [0.15, 0.2) is 47.6 Å². The molecule has 2 aromatic rings. The molecule has 0 spiro atoms. The molecule has 0 saturated carbocycles. The van der Waals surface area contributed by atoms with E-state index in [0.29, 0.717) is 17.3 Å². The summed E-state index contributed by atoms with van der Waals surface area (Å²) in [4.78, 5) is 8.57. The van der Waals surface area contributed by atoms with Gasteiger partial charge in [-0.2, -0.15) is 0 Å². The van der Waals surface area contributed by atoms with E-state index in [9.17, 15) is 4.39 Å². The van der Waals surface area contributed by atoms with Crippen molar-refractivity contribution in [1.29, 1.82) is 0 Å². The molecular formula is C15H14FN3. The summed E-state index contributed by atoms with van der Waals surface area (Å²) >= 11 is 0.